The third-order valence-corrected chi connectivity index (χ3v) is 3.80. The molecule has 0 amide bonds. The third-order valence-electron chi connectivity index (χ3n) is 3.80. The minimum absolute atomic E-state index is 0.169. The number of nitrogens with zero attached hydrogens (tertiary/aromatic N) is 1. The zero-order valence-electron chi connectivity index (χ0n) is 13.3. The summed E-state index contributed by atoms with van der Waals surface area (Å²) in [6.07, 6.45) is -1.34. The highest BCUT2D eigenvalue weighted by Gasteiger charge is 2.31. The van der Waals surface area contributed by atoms with E-state index in [4.69, 9.17) is 4.74 Å². The Morgan fingerprint density at radius 3 is 2.68 bits per heavy atom. The van der Waals surface area contributed by atoms with Crippen LogP contribution in [0, 0.1) is 0 Å². The summed E-state index contributed by atoms with van der Waals surface area (Å²) in [4.78, 5) is 16.5. The van der Waals surface area contributed by atoms with Crippen molar-refractivity contribution in [3.8, 4) is 11.1 Å². The number of carbonyl (C=O) groups excluding carboxylic acids is 1. The van der Waals surface area contributed by atoms with Crippen molar-refractivity contribution in [1.29, 1.82) is 0 Å². The quantitative estimate of drug-likeness (QED) is 0.620. The lowest BCUT2D eigenvalue weighted by molar-refractivity contribution is -0.137. The van der Waals surface area contributed by atoms with Crippen molar-refractivity contribution in [2.45, 2.75) is 13.1 Å². The Bertz CT molecular complexity index is 935. The van der Waals surface area contributed by atoms with Gasteiger partial charge in [0.2, 0.25) is 0 Å². The molecule has 3 aromatic rings. The summed E-state index contributed by atoms with van der Waals surface area (Å²) in [5.74, 6) is -0.577. The van der Waals surface area contributed by atoms with Gasteiger partial charge in [0.15, 0.2) is 0 Å². The molecule has 0 fully saturated rings. The van der Waals surface area contributed by atoms with Crippen molar-refractivity contribution >= 4 is 16.7 Å². The number of alkyl halides is 3. The number of rotatable bonds is 3. The maximum Gasteiger partial charge on any atom is 0.416 e. The second-order valence-corrected chi connectivity index (χ2v) is 5.38. The molecule has 3 rings (SSSR count). The fraction of sp³-hybridized carbons (Fsp3) is 0.158. The molecule has 0 radical (unpaired) electrons. The molecule has 6 heteroatoms. The number of benzene rings is 2. The van der Waals surface area contributed by atoms with Crippen LogP contribution in [0.15, 0.2) is 54.9 Å². The van der Waals surface area contributed by atoms with Gasteiger partial charge in [-0.2, -0.15) is 13.2 Å². The molecule has 0 aliphatic rings. The van der Waals surface area contributed by atoms with E-state index in [1.165, 1.54) is 12.3 Å². The van der Waals surface area contributed by atoms with Crippen molar-refractivity contribution in [3.05, 3.63) is 66.0 Å². The van der Waals surface area contributed by atoms with Gasteiger partial charge in [0.1, 0.15) is 0 Å². The molecule has 0 bridgehead atoms. The summed E-state index contributed by atoms with van der Waals surface area (Å²) in [5, 5.41) is 1.30. The number of hydrogen-bond donors (Lipinski definition) is 0. The summed E-state index contributed by atoms with van der Waals surface area (Å²) < 4.78 is 44.2. The molecule has 1 heterocycles. The minimum Gasteiger partial charge on any atom is -0.462 e. The first-order chi connectivity index (χ1) is 11.9. The van der Waals surface area contributed by atoms with Crippen molar-refractivity contribution in [2.24, 2.45) is 0 Å². The van der Waals surface area contributed by atoms with Crippen LogP contribution >= 0.6 is 0 Å². The molecule has 25 heavy (non-hydrogen) atoms. The van der Waals surface area contributed by atoms with E-state index in [1.54, 1.807) is 37.4 Å². The molecule has 0 unspecified atom stereocenters. The molecule has 128 valence electrons. The minimum atomic E-state index is -4.46. The van der Waals surface area contributed by atoms with Crippen molar-refractivity contribution in [3.63, 3.8) is 0 Å². The fourth-order valence-electron chi connectivity index (χ4n) is 2.70. The summed E-state index contributed by atoms with van der Waals surface area (Å²) in [5.41, 5.74) is 0.163. The van der Waals surface area contributed by atoms with Crippen LogP contribution in [0.3, 0.4) is 0 Å². The number of ether oxygens (including phenoxy) is 1. The van der Waals surface area contributed by atoms with Crippen molar-refractivity contribution in [1.82, 2.24) is 4.98 Å². The van der Waals surface area contributed by atoms with Crippen LogP contribution in [-0.4, -0.2) is 17.6 Å². The lowest BCUT2D eigenvalue weighted by atomic mass is 9.94. The largest absolute Gasteiger partial charge is 0.462 e. The molecule has 3 nitrogen and oxygen atoms in total. The van der Waals surface area contributed by atoms with Gasteiger partial charge in [-0.05, 0) is 41.6 Å². The number of fused-ring (bicyclic) bond motifs is 1. The van der Waals surface area contributed by atoms with E-state index < -0.39 is 17.7 Å². The van der Waals surface area contributed by atoms with Gasteiger partial charge in [-0.3, -0.25) is 4.98 Å². The Hall–Kier alpha value is -2.89. The lowest BCUT2D eigenvalue weighted by Gasteiger charge is -2.14. The van der Waals surface area contributed by atoms with E-state index in [1.807, 2.05) is 0 Å². The highest BCUT2D eigenvalue weighted by atomic mass is 19.4. The van der Waals surface area contributed by atoms with Crippen molar-refractivity contribution in [2.75, 3.05) is 6.61 Å². The standard InChI is InChI=1S/C19H14F3NO2/c1-2-25-18(24)17-15(7-6-13-11-23-9-8-16(13)17)12-4-3-5-14(10-12)19(20,21)22/h3-11H,2H2,1H3. The predicted octanol–water partition coefficient (Wildman–Crippen LogP) is 5.10. The van der Waals surface area contributed by atoms with Gasteiger partial charge < -0.3 is 4.74 Å². The van der Waals surface area contributed by atoms with Gasteiger partial charge in [0.05, 0.1) is 17.7 Å². The SMILES string of the molecule is CCOC(=O)c1c(-c2cccc(C(F)(F)F)c2)ccc2cnccc12. The van der Waals surface area contributed by atoms with Crippen LogP contribution < -0.4 is 0 Å². The number of esters is 1. The van der Waals surface area contributed by atoms with Crippen LogP contribution in [0.1, 0.15) is 22.8 Å². The van der Waals surface area contributed by atoms with Crippen LogP contribution in [0.25, 0.3) is 21.9 Å². The van der Waals surface area contributed by atoms with Crippen LogP contribution in [0.5, 0.6) is 0 Å². The van der Waals surface area contributed by atoms with Crippen LogP contribution in [-0.2, 0) is 10.9 Å². The predicted molar refractivity (Wildman–Crippen MR) is 88.1 cm³/mol. The van der Waals surface area contributed by atoms with E-state index >= 15 is 0 Å². The number of hydrogen-bond acceptors (Lipinski definition) is 3. The Kier molecular flexibility index (Phi) is 4.44. The second-order valence-electron chi connectivity index (χ2n) is 5.38. The third kappa shape index (κ3) is 3.33. The molecule has 0 spiro atoms. The Morgan fingerprint density at radius 2 is 1.96 bits per heavy atom. The number of halogens is 3. The van der Waals surface area contributed by atoms with E-state index in [0.717, 1.165) is 12.1 Å². The highest BCUT2D eigenvalue weighted by Crippen LogP contribution is 2.35. The molecule has 0 N–H and O–H groups in total. The zero-order chi connectivity index (χ0) is 18.0. The van der Waals surface area contributed by atoms with Gasteiger partial charge in [-0.15, -0.1) is 0 Å². The molecule has 0 aliphatic heterocycles. The Morgan fingerprint density at radius 1 is 1.16 bits per heavy atom. The summed E-state index contributed by atoms with van der Waals surface area (Å²) in [6.45, 7) is 1.84. The highest BCUT2D eigenvalue weighted by molar-refractivity contribution is 6.10. The van der Waals surface area contributed by atoms with Gasteiger partial charge in [0, 0.05) is 17.8 Å². The molecule has 2 aromatic carbocycles. The molecule has 0 saturated carbocycles. The molecular formula is C19H14F3NO2. The first kappa shape index (κ1) is 17.0. The molecule has 1 aromatic heterocycles. The maximum absolute atomic E-state index is 13.0. The van der Waals surface area contributed by atoms with Gasteiger partial charge >= 0.3 is 12.1 Å². The average Bonchev–Trinajstić information content (AvgIpc) is 2.60. The topological polar surface area (TPSA) is 39.2 Å². The van der Waals surface area contributed by atoms with E-state index in [2.05, 4.69) is 4.98 Å². The lowest BCUT2D eigenvalue weighted by Crippen LogP contribution is -2.08. The Balaban J connectivity index is 2.26. The first-order valence-electron chi connectivity index (χ1n) is 7.63. The summed E-state index contributed by atoms with van der Waals surface area (Å²) in [6, 6.07) is 9.89. The van der Waals surface area contributed by atoms with E-state index in [0.29, 0.717) is 21.9 Å². The first-order valence-corrected chi connectivity index (χ1v) is 7.63. The fourth-order valence-corrected chi connectivity index (χ4v) is 2.70. The second kappa shape index (κ2) is 6.55. The van der Waals surface area contributed by atoms with Crippen molar-refractivity contribution < 1.29 is 22.7 Å². The van der Waals surface area contributed by atoms with Gasteiger partial charge in [-0.25, -0.2) is 4.79 Å². The number of carbonyl (C=O) groups is 1. The van der Waals surface area contributed by atoms with Gasteiger partial charge in [0.25, 0.3) is 0 Å². The summed E-state index contributed by atoms with van der Waals surface area (Å²) >= 11 is 0. The maximum atomic E-state index is 13.0. The van der Waals surface area contributed by atoms with E-state index in [9.17, 15) is 18.0 Å². The average molecular weight is 345 g/mol. The van der Waals surface area contributed by atoms with E-state index in [-0.39, 0.29) is 12.2 Å². The Labute approximate surface area is 142 Å². The van der Waals surface area contributed by atoms with Crippen LogP contribution in [0.2, 0.25) is 0 Å². The zero-order valence-corrected chi connectivity index (χ0v) is 13.3. The van der Waals surface area contributed by atoms with Gasteiger partial charge in [-0.1, -0.05) is 24.3 Å². The number of aromatic nitrogens is 1. The normalized spacial score (nSPS) is 11.5. The number of pyridine rings is 1. The monoisotopic (exact) mass is 345 g/mol. The molecule has 0 atom stereocenters. The summed E-state index contributed by atoms with van der Waals surface area (Å²) in [7, 11) is 0. The molecule has 0 aliphatic carbocycles. The molecular weight excluding hydrogens is 331 g/mol. The molecule has 0 saturated heterocycles. The van der Waals surface area contributed by atoms with Crippen LogP contribution in [0.4, 0.5) is 13.2 Å². The smallest absolute Gasteiger partial charge is 0.416 e.